The minimum absolute atomic E-state index is 0.179. The van der Waals surface area contributed by atoms with Crippen molar-refractivity contribution in [3.63, 3.8) is 0 Å². The van der Waals surface area contributed by atoms with E-state index in [2.05, 4.69) is 29.9 Å². The van der Waals surface area contributed by atoms with Crippen molar-refractivity contribution in [2.24, 2.45) is 0 Å². The quantitative estimate of drug-likeness (QED) is 0.192. The van der Waals surface area contributed by atoms with Gasteiger partial charge in [0.05, 0.1) is 0 Å². The maximum absolute atomic E-state index is 14.9. The van der Waals surface area contributed by atoms with Crippen LogP contribution in [-0.2, 0) is 6.42 Å². The number of alkyl halides is 2. The van der Waals surface area contributed by atoms with Gasteiger partial charge >= 0.3 is 6.61 Å². The van der Waals surface area contributed by atoms with Crippen LogP contribution in [0.2, 0.25) is 0 Å². The Morgan fingerprint density at radius 2 is 1.36 bits per heavy atom. The van der Waals surface area contributed by atoms with Gasteiger partial charge in [0.15, 0.2) is 11.6 Å². The fourth-order valence-corrected chi connectivity index (χ4v) is 4.00. The number of hydrogen-bond acceptors (Lipinski definition) is 1. The Balaban J connectivity index is 1.58. The van der Waals surface area contributed by atoms with Gasteiger partial charge in [-0.15, -0.1) is 0 Å². The Bertz CT molecular complexity index is 1270. The number of halogens is 4. The Hall–Kier alpha value is -3.34. The minimum atomic E-state index is -3.13. The molecule has 0 aromatic heterocycles. The van der Waals surface area contributed by atoms with Crippen molar-refractivity contribution in [3.8, 4) is 28.0 Å². The van der Waals surface area contributed by atoms with Crippen LogP contribution in [0.25, 0.3) is 33.0 Å². The van der Waals surface area contributed by atoms with Crippen LogP contribution in [0, 0.1) is 11.6 Å². The molecular weight excluding hydrogens is 428 g/mol. The summed E-state index contributed by atoms with van der Waals surface area (Å²) in [6.07, 6.45) is 4.66. The van der Waals surface area contributed by atoms with Gasteiger partial charge < -0.3 is 4.74 Å². The summed E-state index contributed by atoms with van der Waals surface area (Å²) in [5.74, 6) is -2.07. The summed E-state index contributed by atoms with van der Waals surface area (Å²) in [6.45, 7) is -0.937. The molecule has 0 atom stereocenters. The maximum Gasteiger partial charge on any atom is 0.387 e. The number of ether oxygens (including phenoxy) is 1. The molecule has 0 saturated heterocycles. The summed E-state index contributed by atoms with van der Waals surface area (Å²) in [7, 11) is 0. The summed E-state index contributed by atoms with van der Waals surface area (Å²) in [5.41, 5.74) is 3.31. The summed E-state index contributed by atoms with van der Waals surface area (Å²) in [5, 5.41) is 2.22. The molecular formula is C28H24F4O. The number of benzene rings is 4. The van der Waals surface area contributed by atoms with Gasteiger partial charge in [-0.3, -0.25) is 0 Å². The van der Waals surface area contributed by atoms with Gasteiger partial charge in [-0.05, 0) is 70.1 Å². The average molecular weight is 452 g/mol. The van der Waals surface area contributed by atoms with E-state index in [1.807, 2.05) is 18.2 Å². The highest BCUT2D eigenvalue weighted by Gasteiger charge is 2.14. The van der Waals surface area contributed by atoms with Crippen LogP contribution in [0.1, 0.15) is 31.7 Å². The standard InChI is InChI=1S/C28H24F4O/c1-2-3-4-5-18-6-7-20-15-21(9-8-19(20)14-18)22-10-12-24(25(29)16-22)23-11-13-27(26(30)17-23)33-28(31)32/h6-17,28H,2-5H2,1H3. The molecule has 4 rings (SSSR count). The monoisotopic (exact) mass is 452 g/mol. The van der Waals surface area contributed by atoms with Gasteiger partial charge in [-0.1, -0.05) is 68.3 Å². The molecule has 0 heterocycles. The fraction of sp³-hybridized carbons (Fsp3) is 0.214. The lowest BCUT2D eigenvalue weighted by atomic mass is 9.96. The molecule has 0 N–H and O–H groups in total. The third-order valence-electron chi connectivity index (χ3n) is 5.74. The first-order chi connectivity index (χ1) is 15.9. The predicted octanol–water partition coefficient (Wildman–Crippen LogP) is 8.79. The minimum Gasteiger partial charge on any atom is -0.432 e. The molecule has 0 unspecified atom stereocenters. The SMILES string of the molecule is CCCCCc1ccc2cc(-c3ccc(-c4ccc(OC(F)F)c(F)c4)c(F)c3)ccc2c1. The summed E-state index contributed by atoms with van der Waals surface area (Å²) in [4.78, 5) is 0. The zero-order valence-corrected chi connectivity index (χ0v) is 18.3. The van der Waals surface area contributed by atoms with Gasteiger partial charge in [0.2, 0.25) is 0 Å². The van der Waals surface area contributed by atoms with Crippen molar-refractivity contribution >= 4 is 10.8 Å². The topological polar surface area (TPSA) is 9.23 Å². The third-order valence-corrected chi connectivity index (χ3v) is 5.74. The molecule has 0 aliphatic rings. The van der Waals surface area contributed by atoms with Crippen LogP contribution in [0.15, 0.2) is 72.8 Å². The first kappa shape index (κ1) is 22.8. The number of aryl methyl sites for hydroxylation is 1. The predicted molar refractivity (Wildman–Crippen MR) is 125 cm³/mol. The van der Waals surface area contributed by atoms with E-state index in [0.29, 0.717) is 5.56 Å². The average Bonchev–Trinajstić information content (AvgIpc) is 2.80. The molecule has 0 aliphatic carbocycles. The van der Waals surface area contributed by atoms with Gasteiger partial charge in [0.25, 0.3) is 0 Å². The summed E-state index contributed by atoms with van der Waals surface area (Å²) in [6, 6.07) is 20.6. The van der Waals surface area contributed by atoms with Crippen LogP contribution < -0.4 is 4.74 Å². The molecule has 0 amide bonds. The number of fused-ring (bicyclic) bond motifs is 1. The van der Waals surface area contributed by atoms with Crippen LogP contribution in [0.3, 0.4) is 0 Å². The Kier molecular flexibility index (Phi) is 6.97. The molecule has 0 aliphatic heterocycles. The molecule has 5 heteroatoms. The Morgan fingerprint density at radius 3 is 2.09 bits per heavy atom. The van der Waals surface area contributed by atoms with Gasteiger partial charge in [0, 0.05) is 5.56 Å². The van der Waals surface area contributed by atoms with Crippen LogP contribution in [0.5, 0.6) is 5.75 Å². The number of rotatable bonds is 8. The molecule has 0 radical (unpaired) electrons. The van der Waals surface area contributed by atoms with Gasteiger partial charge in [-0.2, -0.15) is 8.78 Å². The fourth-order valence-electron chi connectivity index (χ4n) is 4.00. The van der Waals surface area contributed by atoms with E-state index in [9.17, 15) is 17.6 Å². The molecule has 4 aromatic carbocycles. The second-order valence-corrected chi connectivity index (χ2v) is 8.07. The highest BCUT2D eigenvalue weighted by molar-refractivity contribution is 5.88. The van der Waals surface area contributed by atoms with E-state index in [-0.39, 0.29) is 11.1 Å². The van der Waals surface area contributed by atoms with E-state index < -0.39 is 24.0 Å². The Labute approximate surface area is 190 Å². The highest BCUT2D eigenvalue weighted by atomic mass is 19.3. The number of unbranched alkanes of at least 4 members (excludes halogenated alkanes) is 2. The van der Waals surface area contributed by atoms with Crippen molar-refractivity contribution < 1.29 is 22.3 Å². The molecule has 0 spiro atoms. The van der Waals surface area contributed by atoms with Gasteiger partial charge in [-0.25, -0.2) is 8.78 Å². The second-order valence-electron chi connectivity index (χ2n) is 8.07. The normalized spacial score (nSPS) is 11.3. The summed E-state index contributed by atoms with van der Waals surface area (Å²) >= 11 is 0. The third kappa shape index (κ3) is 5.36. The lowest BCUT2D eigenvalue weighted by Crippen LogP contribution is -2.03. The van der Waals surface area contributed by atoms with Crippen molar-refractivity contribution in [2.75, 3.05) is 0 Å². The van der Waals surface area contributed by atoms with Crippen molar-refractivity contribution in [2.45, 2.75) is 39.2 Å². The molecule has 0 fully saturated rings. The lowest BCUT2D eigenvalue weighted by molar-refractivity contribution is -0.0521. The molecule has 170 valence electrons. The first-order valence-electron chi connectivity index (χ1n) is 11.0. The zero-order valence-electron chi connectivity index (χ0n) is 18.3. The van der Waals surface area contributed by atoms with Crippen LogP contribution >= 0.6 is 0 Å². The van der Waals surface area contributed by atoms with E-state index in [4.69, 9.17) is 0 Å². The van der Waals surface area contributed by atoms with Crippen molar-refractivity contribution in [1.82, 2.24) is 0 Å². The highest BCUT2D eigenvalue weighted by Crippen LogP contribution is 2.32. The second kappa shape index (κ2) is 10.1. The molecule has 4 aromatic rings. The van der Waals surface area contributed by atoms with E-state index in [0.717, 1.165) is 34.9 Å². The lowest BCUT2D eigenvalue weighted by Gasteiger charge is -2.10. The Morgan fingerprint density at radius 1 is 0.697 bits per heavy atom. The van der Waals surface area contributed by atoms with Crippen LogP contribution in [0.4, 0.5) is 17.6 Å². The van der Waals surface area contributed by atoms with Crippen molar-refractivity contribution in [1.29, 1.82) is 0 Å². The molecule has 0 saturated carbocycles. The van der Waals surface area contributed by atoms with Gasteiger partial charge in [0.1, 0.15) is 5.82 Å². The molecule has 1 nitrogen and oxygen atoms in total. The van der Waals surface area contributed by atoms with Crippen LogP contribution in [-0.4, -0.2) is 6.61 Å². The van der Waals surface area contributed by atoms with Crippen molar-refractivity contribution in [3.05, 3.63) is 90.0 Å². The maximum atomic E-state index is 14.9. The zero-order chi connectivity index (χ0) is 23.4. The molecule has 0 bridgehead atoms. The smallest absolute Gasteiger partial charge is 0.387 e. The van der Waals surface area contributed by atoms with E-state index in [1.165, 1.54) is 37.0 Å². The first-order valence-corrected chi connectivity index (χ1v) is 11.0. The van der Waals surface area contributed by atoms with E-state index in [1.54, 1.807) is 12.1 Å². The molecule has 33 heavy (non-hydrogen) atoms. The number of hydrogen-bond donors (Lipinski definition) is 0. The van der Waals surface area contributed by atoms with E-state index >= 15 is 0 Å². The largest absolute Gasteiger partial charge is 0.432 e. The summed E-state index contributed by atoms with van der Waals surface area (Å²) < 4.78 is 57.7.